The van der Waals surface area contributed by atoms with Crippen LogP contribution in [0.3, 0.4) is 0 Å². The van der Waals surface area contributed by atoms with Gasteiger partial charge < -0.3 is 5.32 Å². The first-order valence-corrected chi connectivity index (χ1v) is 10.9. The van der Waals surface area contributed by atoms with Gasteiger partial charge in [-0.25, -0.2) is 18.5 Å². The molecule has 0 aliphatic rings. The van der Waals surface area contributed by atoms with Crippen LogP contribution in [0.25, 0.3) is 5.69 Å². The Morgan fingerprint density at radius 1 is 1.21 bits per heavy atom. The van der Waals surface area contributed by atoms with E-state index in [1.807, 2.05) is 42.0 Å². The topological polar surface area (TPSA) is 107 Å². The van der Waals surface area contributed by atoms with Crippen molar-refractivity contribution in [3.8, 4) is 5.69 Å². The predicted molar refractivity (Wildman–Crippen MR) is 110 cm³/mol. The smallest absolute Gasteiger partial charge is 0.238 e. The molecule has 3 rings (SSSR count). The Hall–Kier alpha value is -2.62. The van der Waals surface area contributed by atoms with Crippen LogP contribution in [0.15, 0.2) is 71.0 Å². The number of hydrogen-bond acceptors (Lipinski definition) is 5. The third-order valence-electron chi connectivity index (χ3n) is 3.99. The van der Waals surface area contributed by atoms with E-state index in [9.17, 15) is 13.2 Å². The van der Waals surface area contributed by atoms with E-state index in [-0.39, 0.29) is 10.8 Å². The van der Waals surface area contributed by atoms with E-state index in [0.29, 0.717) is 10.8 Å². The summed E-state index contributed by atoms with van der Waals surface area (Å²) in [7, 11) is -3.76. The van der Waals surface area contributed by atoms with Gasteiger partial charge in [-0.2, -0.15) is 0 Å². The quantitative estimate of drug-likeness (QED) is 0.601. The van der Waals surface area contributed by atoms with E-state index in [1.54, 1.807) is 13.1 Å². The van der Waals surface area contributed by atoms with Crippen LogP contribution in [0, 0.1) is 6.92 Å². The van der Waals surface area contributed by atoms with Crippen molar-refractivity contribution in [3.63, 3.8) is 0 Å². The monoisotopic (exact) mass is 416 g/mol. The molecule has 1 atom stereocenters. The molecule has 1 amide bonds. The molecular weight excluding hydrogens is 396 g/mol. The Balaban J connectivity index is 1.69. The lowest BCUT2D eigenvalue weighted by atomic mass is 10.2. The number of anilines is 1. The van der Waals surface area contributed by atoms with Crippen molar-refractivity contribution >= 4 is 33.4 Å². The minimum Gasteiger partial charge on any atom is -0.325 e. The number of hydrogen-bond donors (Lipinski definition) is 2. The van der Waals surface area contributed by atoms with Crippen LogP contribution in [-0.2, 0) is 14.8 Å². The largest absolute Gasteiger partial charge is 0.325 e. The summed E-state index contributed by atoms with van der Waals surface area (Å²) < 4.78 is 24.5. The number of primary sulfonamides is 1. The van der Waals surface area contributed by atoms with Gasteiger partial charge >= 0.3 is 0 Å². The average Bonchev–Trinajstić information content (AvgIpc) is 3.09. The first kappa shape index (κ1) is 20.1. The van der Waals surface area contributed by atoms with Crippen molar-refractivity contribution in [1.29, 1.82) is 0 Å². The fourth-order valence-electron chi connectivity index (χ4n) is 2.53. The summed E-state index contributed by atoms with van der Waals surface area (Å²) in [6, 6.07) is 13.7. The van der Waals surface area contributed by atoms with Crippen molar-refractivity contribution in [3.05, 3.63) is 66.5 Å². The summed E-state index contributed by atoms with van der Waals surface area (Å²) >= 11 is 1.34. The first-order valence-electron chi connectivity index (χ1n) is 8.45. The van der Waals surface area contributed by atoms with Gasteiger partial charge in [0.2, 0.25) is 15.9 Å². The molecular formula is C19H20N4O3S2. The Morgan fingerprint density at radius 3 is 2.57 bits per heavy atom. The number of nitrogens with one attached hydrogen (secondary N) is 1. The molecule has 0 spiro atoms. The van der Waals surface area contributed by atoms with E-state index >= 15 is 0 Å². The van der Waals surface area contributed by atoms with Crippen LogP contribution < -0.4 is 10.5 Å². The predicted octanol–water partition coefficient (Wildman–Crippen LogP) is 2.95. The Kier molecular flexibility index (Phi) is 5.87. The Bertz CT molecular complexity index is 1090. The number of nitrogens with two attached hydrogens (primary N) is 1. The molecule has 0 radical (unpaired) electrons. The van der Waals surface area contributed by atoms with Gasteiger partial charge in [-0.15, -0.1) is 0 Å². The number of aromatic nitrogens is 2. The molecule has 28 heavy (non-hydrogen) atoms. The second-order valence-electron chi connectivity index (χ2n) is 6.24. The van der Waals surface area contributed by atoms with Gasteiger partial charge in [0.1, 0.15) is 0 Å². The third-order valence-corrected chi connectivity index (χ3v) is 6.00. The van der Waals surface area contributed by atoms with E-state index < -0.39 is 15.3 Å². The number of amides is 1. The number of aryl methyl sites for hydroxylation is 1. The maximum Gasteiger partial charge on any atom is 0.238 e. The van der Waals surface area contributed by atoms with E-state index in [2.05, 4.69) is 10.3 Å². The van der Waals surface area contributed by atoms with E-state index in [1.165, 1.54) is 36.0 Å². The molecule has 3 aromatic rings. The summed E-state index contributed by atoms with van der Waals surface area (Å²) in [5.41, 5.74) is 2.61. The minimum atomic E-state index is -3.76. The zero-order chi connectivity index (χ0) is 20.3. The van der Waals surface area contributed by atoms with Gasteiger partial charge in [0.25, 0.3) is 0 Å². The summed E-state index contributed by atoms with van der Waals surface area (Å²) in [5, 5.41) is 8.14. The van der Waals surface area contributed by atoms with Crippen molar-refractivity contribution < 1.29 is 13.2 Å². The lowest BCUT2D eigenvalue weighted by molar-refractivity contribution is -0.115. The molecule has 0 saturated carbocycles. The zero-order valence-electron chi connectivity index (χ0n) is 15.4. The van der Waals surface area contributed by atoms with Crippen molar-refractivity contribution in [1.82, 2.24) is 9.55 Å². The molecule has 2 aromatic carbocycles. The van der Waals surface area contributed by atoms with Crippen LogP contribution >= 0.6 is 11.8 Å². The molecule has 0 aliphatic heterocycles. The number of carbonyl (C=O) groups excluding carboxylic acids is 1. The van der Waals surface area contributed by atoms with Gasteiger partial charge in [-0.3, -0.25) is 9.36 Å². The van der Waals surface area contributed by atoms with Gasteiger partial charge in [-0.1, -0.05) is 23.9 Å². The molecule has 7 nitrogen and oxygen atoms in total. The highest BCUT2D eigenvalue weighted by Crippen LogP contribution is 2.26. The molecule has 0 aliphatic carbocycles. The van der Waals surface area contributed by atoms with Crippen molar-refractivity contribution in [2.45, 2.75) is 29.1 Å². The lowest BCUT2D eigenvalue weighted by Gasteiger charge is -2.13. The van der Waals surface area contributed by atoms with Crippen molar-refractivity contribution in [2.24, 2.45) is 5.14 Å². The Labute approximate surface area is 168 Å². The standard InChI is InChI=1S/C19H20N4O3S2/c1-13-4-3-5-16(12-13)23-11-10-21-19(23)27-14(2)18(24)22-15-6-8-17(9-7-15)28(20,25)26/h3-12,14H,1-2H3,(H,22,24)(H2,20,25,26). The first-order chi connectivity index (χ1) is 13.2. The maximum atomic E-state index is 12.5. The second-order valence-corrected chi connectivity index (χ2v) is 9.11. The van der Waals surface area contributed by atoms with Gasteiger partial charge in [0.05, 0.1) is 10.1 Å². The highest BCUT2D eigenvalue weighted by Gasteiger charge is 2.18. The van der Waals surface area contributed by atoms with Crippen LogP contribution in [0.2, 0.25) is 0 Å². The summed E-state index contributed by atoms with van der Waals surface area (Å²) in [5.74, 6) is -0.216. The van der Waals surface area contributed by atoms with Crippen LogP contribution in [-0.4, -0.2) is 29.1 Å². The molecule has 0 fully saturated rings. The third kappa shape index (κ3) is 4.80. The maximum absolute atomic E-state index is 12.5. The van der Waals surface area contributed by atoms with Crippen molar-refractivity contribution in [2.75, 3.05) is 5.32 Å². The SMILES string of the molecule is Cc1cccc(-n2ccnc2SC(C)C(=O)Nc2ccc(S(N)(=O)=O)cc2)c1. The molecule has 1 aromatic heterocycles. The van der Waals surface area contributed by atoms with Gasteiger partial charge in [0, 0.05) is 23.8 Å². The number of sulfonamides is 1. The number of carbonyl (C=O) groups is 1. The molecule has 1 heterocycles. The number of benzene rings is 2. The highest BCUT2D eigenvalue weighted by molar-refractivity contribution is 8.00. The van der Waals surface area contributed by atoms with Crippen LogP contribution in [0.4, 0.5) is 5.69 Å². The minimum absolute atomic E-state index is 0.00638. The molecule has 3 N–H and O–H groups in total. The van der Waals surface area contributed by atoms with Gasteiger partial charge in [-0.05, 0) is 55.8 Å². The van der Waals surface area contributed by atoms with Crippen LogP contribution in [0.1, 0.15) is 12.5 Å². The summed E-state index contributed by atoms with van der Waals surface area (Å²) in [6.07, 6.45) is 3.55. The average molecular weight is 417 g/mol. The fraction of sp³-hybridized carbons (Fsp3) is 0.158. The molecule has 0 bridgehead atoms. The molecule has 146 valence electrons. The lowest BCUT2D eigenvalue weighted by Crippen LogP contribution is -2.23. The number of nitrogens with zero attached hydrogens (tertiary/aromatic N) is 2. The fourth-order valence-corrected chi connectivity index (χ4v) is 3.93. The number of rotatable bonds is 6. The van der Waals surface area contributed by atoms with E-state index in [0.717, 1.165) is 11.3 Å². The molecule has 0 saturated heterocycles. The highest BCUT2D eigenvalue weighted by atomic mass is 32.2. The number of thioether (sulfide) groups is 1. The summed E-state index contributed by atoms with van der Waals surface area (Å²) in [6.45, 7) is 3.80. The molecule has 1 unspecified atom stereocenters. The number of imidazole rings is 1. The van der Waals surface area contributed by atoms with E-state index in [4.69, 9.17) is 5.14 Å². The molecule has 9 heteroatoms. The normalized spacial score (nSPS) is 12.5. The van der Waals surface area contributed by atoms with Gasteiger partial charge in [0.15, 0.2) is 5.16 Å². The Morgan fingerprint density at radius 2 is 1.93 bits per heavy atom. The second kappa shape index (κ2) is 8.17. The summed E-state index contributed by atoms with van der Waals surface area (Å²) in [4.78, 5) is 16.9. The van der Waals surface area contributed by atoms with Crippen LogP contribution in [0.5, 0.6) is 0 Å². The zero-order valence-corrected chi connectivity index (χ0v) is 17.0.